The highest BCUT2D eigenvalue weighted by Gasteiger charge is 2.40. The molecule has 4 aliphatic heterocycles. The normalized spacial score (nSPS) is 18.1. The van der Waals surface area contributed by atoms with Crippen molar-refractivity contribution in [1.29, 1.82) is 0 Å². The molecule has 8 rings (SSSR count). The summed E-state index contributed by atoms with van der Waals surface area (Å²) in [5.41, 5.74) is 6.02. The summed E-state index contributed by atoms with van der Waals surface area (Å²) in [7, 11) is -0.779. The highest BCUT2D eigenvalue weighted by molar-refractivity contribution is 7.70. The third-order valence-corrected chi connectivity index (χ3v) is 15.6. The number of unbranched alkanes of at least 4 members (excludes halogenated alkanes) is 4. The molecule has 1 atom stereocenters. The molecule has 3 aromatic carbocycles. The summed E-state index contributed by atoms with van der Waals surface area (Å²) in [6.45, 7) is 9.15. The van der Waals surface area contributed by atoms with Crippen molar-refractivity contribution in [2.45, 2.75) is 95.7 Å². The molecule has 67 heavy (non-hydrogen) atoms. The van der Waals surface area contributed by atoms with Gasteiger partial charge in [-0.15, -0.1) is 0 Å². The molecule has 4 amide bonds. The van der Waals surface area contributed by atoms with E-state index in [4.69, 9.17) is 21.3 Å². The number of anilines is 1. The van der Waals surface area contributed by atoms with Crippen LogP contribution in [0.15, 0.2) is 66.9 Å². The van der Waals surface area contributed by atoms with E-state index in [0.29, 0.717) is 60.4 Å². The van der Waals surface area contributed by atoms with Crippen LogP contribution in [0.5, 0.6) is 5.75 Å². The molecule has 0 spiro atoms. The second-order valence-electron chi connectivity index (χ2n) is 18.5. The van der Waals surface area contributed by atoms with Crippen LogP contribution in [0.4, 0.5) is 5.69 Å². The number of nitrogens with zero attached hydrogens (tertiary/aromatic N) is 6. The van der Waals surface area contributed by atoms with Crippen LogP contribution in [0.25, 0.3) is 0 Å². The quantitative estimate of drug-likeness (QED) is 0.0583. The lowest BCUT2D eigenvalue weighted by atomic mass is 10.0. The van der Waals surface area contributed by atoms with Crippen LogP contribution in [0.3, 0.4) is 0 Å². The van der Waals surface area contributed by atoms with Gasteiger partial charge in [0.25, 0.3) is 5.91 Å². The minimum Gasteiger partial charge on any atom is -0.496 e. The Hall–Kier alpha value is -5.54. The van der Waals surface area contributed by atoms with Crippen LogP contribution in [-0.4, -0.2) is 120 Å². The Morgan fingerprint density at radius 3 is 2.43 bits per heavy atom. The van der Waals surface area contributed by atoms with E-state index in [2.05, 4.69) is 50.1 Å². The fourth-order valence-corrected chi connectivity index (χ4v) is 11.4. The number of nitrogens with one attached hydrogen (secondary N) is 1. The van der Waals surface area contributed by atoms with E-state index in [1.807, 2.05) is 41.3 Å². The first-order chi connectivity index (χ1) is 32.4. The lowest BCUT2D eigenvalue weighted by molar-refractivity contribution is -0.137. The third kappa shape index (κ3) is 11.6. The Morgan fingerprint density at radius 1 is 0.896 bits per heavy atom. The molecular weight excluding hydrogens is 885 g/mol. The first kappa shape index (κ1) is 47.9. The number of halogens is 1. The number of ether oxygens (including phenoxy) is 1. The van der Waals surface area contributed by atoms with Crippen LogP contribution in [0, 0.1) is 11.8 Å². The van der Waals surface area contributed by atoms with Gasteiger partial charge >= 0.3 is 0 Å². The molecule has 4 aromatic rings. The standard InChI is InChI=1S/C52H61ClN7O6P/c1-66-46-33-40(20-19-37(46)32-48-54-34-43(53)44(55-48)31-38-14-10-11-17-47(38)67(2,3)65)57-25-23-39(24-26-57)58-27-29-59(30-28-58)50(62)18-9-7-5-4-6-8-13-36-15-12-16-41-42(36)35-60(52(41)64)45-21-22-49(61)56-51(45)63/h10-12,14-17,19-20,33-34,39,45H,4-7,9,18,21-32,35H2,1-3H3,(H,56,61,63). The minimum atomic E-state index is -2.48. The van der Waals surface area contributed by atoms with Crippen molar-refractivity contribution in [3.8, 4) is 17.6 Å². The van der Waals surface area contributed by atoms with Crippen LogP contribution in [-0.2, 0) is 38.3 Å². The van der Waals surface area contributed by atoms with Gasteiger partial charge in [-0.2, -0.15) is 0 Å². The predicted molar refractivity (Wildman–Crippen MR) is 262 cm³/mol. The average molecular weight is 947 g/mol. The molecule has 4 aliphatic rings. The number of aromatic nitrogens is 2. The van der Waals surface area contributed by atoms with Crippen molar-refractivity contribution in [2.75, 3.05) is 64.6 Å². The van der Waals surface area contributed by atoms with Gasteiger partial charge in [-0.3, -0.25) is 29.4 Å². The lowest BCUT2D eigenvalue weighted by Crippen LogP contribution is -2.54. The van der Waals surface area contributed by atoms with E-state index in [9.17, 15) is 23.7 Å². The van der Waals surface area contributed by atoms with Crippen molar-refractivity contribution < 1.29 is 28.5 Å². The third-order valence-electron chi connectivity index (χ3n) is 13.7. The number of carbonyl (C=O) groups is 4. The van der Waals surface area contributed by atoms with Crippen molar-refractivity contribution in [3.05, 3.63) is 111 Å². The molecule has 1 unspecified atom stereocenters. The first-order valence-corrected chi connectivity index (χ1v) is 26.7. The number of carbonyl (C=O) groups excluding carboxylic acids is 4. The molecule has 3 saturated heterocycles. The Balaban J connectivity index is 0.731. The number of amides is 4. The van der Waals surface area contributed by atoms with Crippen molar-refractivity contribution >= 4 is 53.4 Å². The number of rotatable bonds is 15. The van der Waals surface area contributed by atoms with Crippen molar-refractivity contribution in [1.82, 2.24) is 30.0 Å². The lowest BCUT2D eigenvalue weighted by Gasteiger charge is -2.43. The first-order valence-electron chi connectivity index (χ1n) is 23.7. The van der Waals surface area contributed by atoms with E-state index in [0.717, 1.165) is 123 Å². The van der Waals surface area contributed by atoms with Gasteiger partial charge in [0.1, 0.15) is 24.8 Å². The van der Waals surface area contributed by atoms with E-state index in [1.165, 1.54) is 0 Å². The monoisotopic (exact) mass is 945 g/mol. The Labute approximate surface area is 399 Å². The van der Waals surface area contributed by atoms with Crippen LogP contribution in [0.1, 0.15) is 108 Å². The molecule has 3 fully saturated rings. The Morgan fingerprint density at radius 2 is 1.67 bits per heavy atom. The van der Waals surface area contributed by atoms with Crippen LogP contribution >= 0.6 is 18.7 Å². The average Bonchev–Trinajstić information content (AvgIpc) is 3.66. The fourth-order valence-electron chi connectivity index (χ4n) is 9.95. The number of imide groups is 1. The molecule has 1 aromatic heterocycles. The van der Waals surface area contributed by atoms with Crippen molar-refractivity contribution in [3.63, 3.8) is 0 Å². The molecule has 5 heterocycles. The topological polar surface area (TPSA) is 145 Å². The van der Waals surface area contributed by atoms with E-state index in [1.54, 1.807) is 37.6 Å². The van der Waals surface area contributed by atoms with Crippen LogP contribution < -0.4 is 20.3 Å². The van der Waals surface area contributed by atoms with Gasteiger partial charge < -0.3 is 24.0 Å². The number of benzene rings is 3. The van der Waals surface area contributed by atoms with E-state index < -0.39 is 19.1 Å². The van der Waals surface area contributed by atoms with Gasteiger partial charge in [-0.25, -0.2) is 9.97 Å². The molecule has 352 valence electrons. The maximum absolute atomic E-state index is 13.1. The molecule has 0 saturated carbocycles. The second kappa shape index (κ2) is 21.6. The number of hydrogen-bond donors (Lipinski definition) is 1. The predicted octanol–water partition coefficient (Wildman–Crippen LogP) is 6.83. The number of hydrogen-bond acceptors (Lipinski definition) is 10. The fraction of sp³-hybridized carbons (Fsp3) is 0.462. The molecule has 1 N–H and O–H groups in total. The SMILES string of the molecule is COc1cc(N2CCC(N3CCN(C(=O)CCCCCCC#Cc4cccc5c4CN(C4CCC(=O)NC4=O)C5=O)CC3)CC2)ccc1Cc1ncc(Cl)c(Cc2ccccc2P(C)(C)=O)n1. The molecular formula is C52H61ClN7O6P. The summed E-state index contributed by atoms with van der Waals surface area (Å²) in [6.07, 6.45) is 10.4. The van der Waals surface area contributed by atoms with Gasteiger partial charge in [-0.05, 0) is 74.8 Å². The molecule has 0 bridgehead atoms. The molecule has 0 radical (unpaired) electrons. The number of piperidine rings is 2. The number of piperazine rings is 1. The zero-order chi connectivity index (χ0) is 47.1. The summed E-state index contributed by atoms with van der Waals surface area (Å²) >= 11 is 6.58. The van der Waals surface area contributed by atoms with E-state index in [-0.39, 0.29) is 24.1 Å². The molecule has 13 nitrogen and oxygen atoms in total. The summed E-state index contributed by atoms with van der Waals surface area (Å²) < 4.78 is 18.9. The summed E-state index contributed by atoms with van der Waals surface area (Å²) in [5, 5.41) is 3.68. The highest BCUT2D eigenvalue weighted by atomic mass is 35.5. The van der Waals surface area contributed by atoms with Gasteiger partial charge in [0, 0.05) is 124 Å². The zero-order valence-electron chi connectivity index (χ0n) is 38.9. The summed E-state index contributed by atoms with van der Waals surface area (Å²) in [5.74, 6) is 7.31. The smallest absolute Gasteiger partial charge is 0.255 e. The molecule has 0 aliphatic carbocycles. The summed E-state index contributed by atoms with van der Waals surface area (Å²) in [4.78, 5) is 68.3. The number of fused-ring (bicyclic) bond motifs is 1. The largest absolute Gasteiger partial charge is 0.496 e. The van der Waals surface area contributed by atoms with Crippen LogP contribution in [0.2, 0.25) is 5.02 Å². The summed E-state index contributed by atoms with van der Waals surface area (Å²) in [6, 6.07) is 19.5. The number of methoxy groups -OCH3 is 1. The van der Waals surface area contributed by atoms with E-state index >= 15 is 0 Å². The van der Waals surface area contributed by atoms with Crippen molar-refractivity contribution in [2.24, 2.45) is 0 Å². The zero-order valence-corrected chi connectivity index (χ0v) is 40.5. The second-order valence-corrected chi connectivity index (χ2v) is 22.1. The van der Waals surface area contributed by atoms with Gasteiger partial charge in [-0.1, -0.05) is 72.7 Å². The Kier molecular flexibility index (Phi) is 15.5. The molecule has 15 heteroatoms. The minimum absolute atomic E-state index is 0.190. The maximum Gasteiger partial charge on any atom is 0.255 e. The maximum atomic E-state index is 13.1. The van der Waals surface area contributed by atoms with Gasteiger partial charge in [0.2, 0.25) is 17.7 Å². The van der Waals surface area contributed by atoms with Gasteiger partial charge in [0.05, 0.1) is 17.8 Å². The van der Waals surface area contributed by atoms with Gasteiger partial charge in [0.15, 0.2) is 0 Å². The highest BCUT2D eigenvalue weighted by Crippen LogP contribution is 2.37. The Bertz CT molecular complexity index is 2610.